The summed E-state index contributed by atoms with van der Waals surface area (Å²) in [6.45, 7) is 12.6. The minimum Gasteiger partial charge on any atom is -0.320 e. The lowest BCUT2D eigenvalue weighted by Gasteiger charge is -2.27. The Morgan fingerprint density at radius 3 is 0.870 bits per heavy atom. The number of carbonyl (C=O) groups excluding carboxylic acids is 4. The third kappa shape index (κ3) is 20.4. The summed E-state index contributed by atoms with van der Waals surface area (Å²) >= 11 is 0. The Morgan fingerprint density at radius 2 is 0.648 bits per heavy atom. The molecule has 8 nitrogen and oxygen atoms in total. The summed E-state index contributed by atoms with van der Waals surface area (Å²) in [7, 11) is 0. The molecule has 0 aromatic heterocycles. The summed E-state index contributed by atoms with van der Waals surface area (Å²) in [5.74, 6) is -1.80. The molecule has 0 heterocycles. The Morgan fingerprint density at radius 1 is 0.426 bits per heavy atom. The van der Waals surface area contributed by atoms with Gasteiger partial charge in [-0.25, -0.2) is 0 Å². The van der Waals surface area contributed by atoms with Crippen LogP contribution in [0.2, 0.25) is 0 Å². The Hall–Kier alpha value is -2.58. The number of rotatable bonds is 32. The van der Waals surface area contributed by atoms with Gasteiger partial charge in [0.15, 0.2) is 0 Å². The smallest absolute Gasteiger partial charge is 0.260 e. The first-order valence-electron chi connectivity index (χ1n) is 22.3. The first kappa shape index (κ1) is 49.4. The molecule has 0 bridgehead atoms. The molecule has 2 atom stereocenters. The van der Waals surface area contributed by atoms with Gasteiger partial charge in [0.25, 0.3) is 11.8 Å². The second-order valence-electron chi connectivity index (χ2n) is 16.5. The summed E-state index contributed by atoms with van der Waals surface area (Å²) in [6, 6.07) is 4.75. The van der Waals surface area contributed by atoms with Crippen LogP contribution in [0.1, 0.15) is 216 Å². The molecule has 0 radical (unpaired) electrons. The summed E-state index contributed by atoms with van der Waals surface area (Å²) in [5, 5.41) is 0. The molecule has 0 fully saturated rings. The first-order chi connectivity index (χ1) is 26.0. The Balaban J connectivity index is 2.80. The molecule has 4 amide bonds. The molecule has 0 unspecified atom stereocenters. The van der Waals surface area contributed by atoms with Gasteiger partial charge in [0.05, 0.1) is 12.1 Å². The van der Waals surface area contributed by atoms with E-state index in [1.54, 1.807) is 24.3 Å². The van der Waals surface area contributed by atoms with Crippen LogP contribution in [0.3, 0.4) is 0 Å². The van der Waals surface area contributed by atoms with Gasteiger partial charge in [0.1, 0.15) is 0 Å². The molecule has 0 aliphatic carbocycles. The van der Waals surface area contributed by atoms with Crippen molar-refractivity contribution < 1.29 is 19.2 Å². The standard InChI is InChI=1S/C46H82N4O4/c1-7-9-11-13-15-17-19-21-23-25-27-29-35-49(45(53)41(47)37(3)4)43(51)39-31-33-40(34-32-39)44(52)50(46(54)42(48)38(5)6)36-30-28-26-24-22-20-18-16-14-12-10-8-2/h31-34,37-38,41-42H,7-30,35-36,47-48H2,1-6H3/t41-,42-/m0/s1. The monoisotopic (exact) mass is 755 g/mol. The maximum Gasteiger partial charge on any atom is 0.260 e. The minimum atomic E-state index is -0.780. The normalized spacial score (nSPS) is 12.6. The zero-order valence-corrected chi connectivity index (χ0v) is 35.7. The van der Waals surface area contributed by atoms with Crippen molar-refractivity contribution in [3.63, 3.8) is 0 Å². The lowest BCUT2D eigenvalue weighted by molar-refractivity contribution is -0.131. The molecule has 0 aliphatic heterocycles. The number of nitrogens with zero attached hydrogens (tertiary/aromatic N) is 2. The Labute approximate surface area is 331 Å². The van der Waals surface area contributed by atoms with E-state index in [2.05, 4.69) is 13.8 Å². The molecule has 1 aromatic carbocycles. The van der Waals surface area contributed by atoms with Crippen LogP contribution < -0.4 is 11.5 Å². The number of carbonyl (C=O) groups is 4. The van der Waals surface area contributed by atoms with Crippen LogP contribution in [-0.2, 0) is 9.59 Å². The number of hydrogen-bond acceptors (Lipinski definition) is 6. The van der Waals surface area contributed by atoms with Gasteiger partial charge in [-0.2, -0.15) is 0 Å². The van der Waals surface area contributed by atoms with Crippen LogP contribution in [0.5, 0.6) is 0 Å². The Kier molecular flexibility index (Phi) is 28.0. The van der Waals surface area contributed by atoms with Crippen molar-refractivity contribution in [2.24, 2.45) is 23.3 Å². The number of benzene rings is 1. The van der Waals surface area contributed by atoms with E-state index in [-0.39, 0.29) is 23.7 Å². The molecule has 54 heavy (non-hydrogen) atoms. The van der Waals surface area contributed by atoms with Crippen molar-refractivity contribution >= 4 is 23.6 Å². The van der Waals surface area contributed by atoms with Crippen molar-refractivity contribution in [3.8, 4) is 0 Å². The molecule has 8 heteroatoms. The molecule has 0 aliphatic rings. The molecule has 310 valence electrons. The van der Waals surface area contributed by atoms with Gasteiger partial charge in [-0.05, 0) is 48.9 Å². The molecular weight excluding hydrogens is 673 g/mol. The van der Waals surface area contributed by atoms with E-state index in [9.17, 15) is 19.2 Å². The summed E-state index contributed by atoms with van der Waals surface area (Å²) in [4.78, 5) is 56.9. The molecule has 0 saturated carbocycles. The highest BCUT2D eigenvalue weighted by atomic mass is 16.2. The highest BCUT2D eigenvalue weighted by molar-refractivity contribution is 6.08. The largest absolute Gasteiger partial charge is 0.320 e. The zero-order valence-electron chi connectivity index (χ0n) is 35.7. The topological polar surface area (TPSA) is 127 Å². The highest BCUT2D eigenvalue weighted by Gasteiger charge is 2.31. The van der Waals surface area contributed by atoms with Gasteiger partial charge >= 0.3 is 0 Å². The predicted octanol–water partition coefficient (Wildman–Crippen LogP) is 11.0. The third-order valence-corrected chi connectivity index (χ3v) is 10.9. The average Bonchev–Trinajstić information content (AvgIpc) is 3.17. The number of amides is 4. The second-order valence-corrected chi connectivity index (χ2v) is 16.5. The third-order valence-electron chi connectivity index (χ3n) is 10.9. The number of hydrogen-bond donors (Lipinski definition) is 2. The fourth-order valence-electron chi connectivity index (χ4n) is 6.84. The van der Waals surface area contributed by atoms with Crippen molar-refractivity contribution in [1.82, 2.24) is 9.80 Å². The van der Waals surface area contributed by atoms with Crippen molar-refractivity contribution in [3.05, 3.63) is 35.4 Å². The SMILES string of the molecule is CCCCCCCCCCCCCCN(C(=O)c1ccc(C(=O)N(CCCCCCCCCCCCCC)C(=O)[C@@H](N)C(C)C)cc1)C(=O)[C@@H](N)C(C)C. The minimum absolute atomic E-state index is 0.111. The van der Waals surface area contributed by atoms with E-state index in [0.717, 1.165) is 38.5 Å². The van der Waals surface area contributed by atoms with Gasteiger partial charge < -0.3 is 11.5 Å². The first-order valence-corrected chi connectivity index (χ1v) is 22.3. The second kappa shape index (κ2) is 30.6. The Bertz CT molecular complexity index is 1060. The molecule has 0 spiro atoms. The number of unbranched alkanes of at least 4 members (excludes halogenated alkanes) is 22. The predicted molar refractivity (Wildman–Crippen MR) is 226 cm³/mol. The molecule has 4 N–H and O–H groups in total. The van der Waals surface area contributed by atoms with E-state index in [1.807, 2.05) is 27.7 Å². The average molecular weight is 755 g/mol. The number of imide groups is 2. The van der Waals surface area contributed by atoms with Gasteiger partial charge in [-0.3, -0.25) is 29.0 Å². The van der Waals surface area contributed by atoms with Gasteiger partial charge in [-0.15, -0.1) is 0 Å². The van der Waals surface area contributed by atoms with Crippen LogP contribution in [0.25, 0.3) is 0 Å². The van der Waals surface area contributed by atoms with Crippen LogP contribution in [-0.4, -0.2) is 58.6 Å². The van der Waals surface area contributed by atoms with Crippen LogP contribution in [0.4, 0.5) is 0 Å². The lowest BCUT2D eigenvalue weighted by Crippen LogP contribution is -2.49. The van der Waals surface area contributed by atoms with E-state index in [1.165, 1.54) is 125 Å². The lowest BCUT2D eigenvalue weighted by atomic mass is 10.0. The fourth-order valence-corrected chi connectivity index (χ4v) is 6.84. The molecular formula is C46H82N4O4. The van der Waals surface area contributed by atoms with Gasteiger partial charge in [-0.1, -0.05) is 183 Å². The summed E-state index contributed by atoms with van der Waals surface area (Å²) in [6.07, 6.45) is 28.7. The van der Waals surface area contributed by atoms with Gasteiger partial charge in [0, 0.05) is 24.2 Å². The maximum absolute atomic E-state index is 13.8. The van der Waals surface area contributed by atoms with Gasteiger partial charge in [0.2, 0.25) is 11.8 Å². The van der Waals surface area contributed by atoms with E-state index in [4.69, 9.17) is 11.5 Å². The number of nitrogens with two attached hydrogens (primary N) is 2. The van der Waals surface area contributed by atoms with Crippen molar-refractivity contribution in [2.75, 3.05) is 13.1 Å². The maximum atomic E-state index is 13.8. The van der Waals surface area contributed by atoms with E-state index < -0.39 is 23.9 Å². The molecule has 1 aromatic rings. The quantitative estimate of drug-likeness (QED) is 0.0705. The molecule has 0 saturated heterocycles. The van der Waals surface area contributed by atoms with Crippen LogP contribution in [0.15, 0.2) is 24.3 Å². The molecule has 1 rings (SSSR count). The fraction of sp³-hybridized carbons (Fsp3) is 0.783. The van der Waals surface area contributed by atoms with Crippen molar-refractivity contribution in [1.29, 1.82) is 0 Å². The highest BCUT2D eigenvalue weighted by Crippen LogP contribution is 2.18. The van der Waals surface area contributed by atoms with E-state index >= 15 is 0 Å². The summed E-state index contributed by atoms with van der Waals surface area (Å²) in [5.41, 5.74) is 13.1. The summed E-state index contributed by atoms with van der Waals surface area (Å²) < 4.78 is 0. The van der Waals surface area contributed by atoms with Crippen LogP contribution in [0, 0.1) is 11.8 Å². The van der Waals surface area contributed by atoms with Crippen LogP contribution >= 0.6 is 0 Å². The zero-order chi connectivity index (χ0) is 40.1. The van der Waals surface area contributed by atoms with E-state index in [0.29, 0.717) is 24.2 Å². The van der Waals surface area contributed by atoms with Crippen molar-refractivity contribution in [2.45, 2.75) is 208 Å².